The van der Waals surface area contributed by atoms with E-state index in [0.717, 1.165) is 44.9 Å². The second kappa shape index (κ2) is 4.56. The minimum Gasteiger partial charge on any atom is -0.480 e. The number of aliphatic carboxylic acids is 1. The van der Waals surface area contributed by atoms with Gasteiger partial charge in [-0.15, -0.1) is 0 Å². The van der Waals surface area contributed by atoms with Crippen molar-refractivity contribution < 1.29 is 14.7 Å². The molecule has 1 saturated heterocycles. The van der Waals surface area contributed by atoms with E-state index in [-0.39, 0.29) is 17.7 Å². The number of rotatable bonds is 2. The van der Waals surface area contributed by atoms with Gasteiger partial charge in [0.25, 0.3) is 0 Å². The van der Waals surface area contributed by atoms with Crippen LogP contribution in [-0.4, -0.2) is 34.5 Å². The maximum absolute atomic E-state index is 12.5. The summed E-state index contributed by atoms with van der Waals surface area (Å²) in [7, 11) is 0. The molecule has 1 N–H and O–H groups in total. The predicted octanol–water partition coefficient (Wildman–Crippen LogP) is 1.89. The first-order valence-electron chi connectivity index (χ1n) is 7.22. The summed E-state index contributed by atoms with van der Waals surface area (Å²) >= 11 is 0. The van der Waals surface area contributed by atoms with Gasteiger partial charge in [0.1, 0.15) is 6.04 Å². The monoisotopic (exact) mass is 251 g/mol. The Morgan fingerprint density at radius 3 is 2.39 bits per heavy atom. The SMILES string of the molecule is O=C(O)C1C2CCCC2CN1C(=O)C1CCCC1. The topological polar surface area (TPSA) is 57.6 Å². The van der Waals surface area contributed by atoms with Crippen molar-refractivity contribution in [3.05, 3.63) is 0 Å². The Kier molecular flexibility index (Phi) is 3.04. The highest BCUT2D eigenvalue weighted by atomic mass is 16.4. The highest BCUT2D eigenvalue weighted by molar-refractivity contribution is 5.86. The van der Waals surface area contributed by atoms with E-state index in [1.165, 1.54) is 0 Å². The first-order valence-corrected chi connectivity index (χ1v) is 7.22. The molecule has 1 aliphatic heterocycles. The highest BCUT2D eigenvalue weighted by Crippen LogP contribution is 2.43. The summed E-state index contributed by atoms with van der Waals surface area (Å²) in [5.41, 5.74) is 0. The number of nitrogens with zero attached hydrogens (tertiary/aromatic N) is 1. The van der Waals surface area contributed by atoms with Crippen LogP contribution in [0.4, 0.5) is 0 Å². The normalized spacial score (nSPS) is 36.0. The zero-order chi connectivity index (χ0) is 12.7. The molecule has 1 heterocycles. The molecular weight excluding hydrogens is 230 g/mol. The Balaban J connectivity index is 1.78. The standard InChI is InChI=1S/C14H21NO3/c16-13(9-4-1-2-5-9)15-8-10-6-3-7-11(10)12(15)14(17)18/h9-12H,1-8H2,(H,17,18). The number of carboxylic acids is 1. The molecule has 3 atom stereocenters. The van der Waals surface area contributed by atoms with Gasteiger partial charge in [-0.3, -0.25) is 4.79 Å². The largest absolute Gasteiger partial charge is 0.480 e. The molecule has 3 aliphatic rings. The quantitative estimate of drug-likeness (QED) is 0.815. The molecule has 0 spiro atoms. The van der Waals surface area contributed by atoms with Crippen LogP contribution in [0.25, 0.3) is 0 Å². The minimum absolute atomic E-state index is 0.102. The van der Waals surface area contributed by atoms with Gasteiger partial charge in [0, 0.05) is 12.5 Å². The van der Waals surface area contributed by atoms with Crippen molar-refractivity contribution in [1.82, 2.24) is 4.90 Å². The van der Waals surface area contributed by atoms with Crippen LogP contribution in [0, 0.1) is 17.8 Å². The molecule has 4 nitrogen and oxygen atoms in total. The van der Waals surface area contributed by atoms with Crippen LogP contribution in [0.15, 0.2) is 0 Å². The number of fused-ring (bicyclic) bond motifs is 1. The zero-order valence-electron chi connectivity index (χ0n) is 10.7. The Hall–Kier alpha value is -1.06. The maximum atomic E-state index is 12.5. The summed E-state index contributed by atoms with van der Waals surface area (Å²) < 4.78 is 0. The lowest BCUT2D eigenvalue weighted by atomic mass is 9.94. The third-order valence-electron chi connectivity index (χ3n) is 5.13. The molecule has 0 aromatic rings. The summed E-state index contributed by atoms with van der Waals surface area (Å²) in [6.07, 6.45) is 7.36. The lowest BCUT2D eigenvalue weighted by molar-refractivity contribution is -0.151. The van der Waals surface area contributed by atoms with E-state index in [0.29, 0.717) is 12.5 Å². The third kappa shape index (κ3) is 1.82. The minimum atomic E-state index is -0.796. The van der Waals surface area contributed by atoms with E-state index in [4.69, 9.17) is 0 Å². The number of amides is 1. The van der Waals surface area contributed by atoms with Crippen molar-refractivity contribution in [2.45, 2.75) is 51.0 Å². The van der Waals surface area contributed by atoms with Gasteiger partial charge in [0.15, 0.2) is 0 Å². The van der Waals surface area contributed by atoms with E-state index >= 15 is 0 Å². The molecule has 1 amide bonds. The number of carbonyl (C=O) groups excluding carboxylic acids is 1. The molecule has 0 bridgehead atoms. The van der Waals surface area contributed by atoms with Gasteiger partial charge in [0.05, 0.1) is 0 Å². The molecular formula is C14H21NO3. The van der Waals surface area contributed by atoms with Gasteiger partial charge >= 0.3 is 5.97 Å². The van der Waals surface area contributed by atoms with E-state index < -0.39 is 12.0 Å². The Bertz CT molecular complexity index is 362. The second-order valence-electron chi connectivity index (χ2n) is 6.11. The van der Waals surface area contributed by atoms with Gasteiger partial charge < -0.3 is 10.0 Å². The highest BCUT2D eigenvalue weighted by Gasteiger charge is 2.50. The van der Waals surface area contributed by atoms with Crippen molar-refractivity contribution in [3.63, 3.8) is 0 Å². The van der Waals surface area contributed by atoms with Gasteiger partial charge in [-0.05, 0) is 37.5 Å². The van der Waals surface area contributed by atoms with E-state index in [1.54, 1.807) is 4.90 Å². The number of carboxylic acid groups (broad SMARTS) is 1. The zero-order valence-corrected chi connectivity index (χ0v) is 10.7. The van der Waals surface area contributed by atoms with Crippen LogP contribution in [0.2, 0.25) is 0 Å². The average molecular weight is 251 g/mol. The fourth-order valence-corrected chi connectivity index (χ4v) is 4.26. The number of hydrogen-bond donors (Lipinski definition) is 1. The molecule has 18 heavy (non-hydrogen) atoms. The summed E-state index contributed by atoms with van der Waals surface area (Å²) in [5, 5.41) is 9.43. The maximum Gasteiger partial charge on any atom is 0.326 e. The van der Waals surface area contributed by atoms with Crippen LogP contribution < -0.4 is 0 Å². The fraction of sp³-hybridized carbons (Fsp3) is 0.857. The fourth-order valence-electron chi connectivity index (χ4n) is 4.26. The number of likely N-dealkylation sites (tertiary alicyclic amines) is 1. The van der Waals surface area contributed by atoms with E-state index in [9.17, 15) is 14.7 Å². The lowest BCUT2D eigenvalue weighted by Crippen LogP contribution is -2.45. The first-order chi connectivity index (χ1) is 8.68. The molecule has 2 aliphatic carbocycles. The summed E-state index contributed by atoms with van der Waals surface area (Å²) in [5.74, 6) is 0.0834. The average Bonchev–Trinajstić information content (AvgIpc) is 3.03. The third-order valence-corrected chi connectivity index (χ3v) is 5.13. The Morgan fingerprint density at radius 1 is 1.00 bits per heavy atom. The van der Waals surface area contributed by atoms with Gasteiger partial charge in [0.2, 0.25) is 5.91 Å². The van der Waals surface area contributed by atoms with Crippen molar-refractivity contribution in [1.29, 1.82) is 0 Å². The van der Waals surface area contributed by atoms with Gasteiger partial charge in [-0.25, -0.2) is 4.79 Å². The summed E-state index contributed by atoms with van der Waals surface area (Å²) in [4.78, 5) is 25.6. The summed E-state index contributed by atoms with van der Waals surface area (Å²) in [6.45, 7) is 0.691. The molecule has 3 fully saturated rings. The molecule has 0 aromatic carbocycles. The van der Waals surface area contributed by atoms with Gasteiger partial charge in [-0.2, -0.15) is 0 Å². The van der Waals surface area contributed by atoms with Crippen molar-refractivity contribution in [2.75, 3.05) is 6.54 Å². The Labute approximate surface area is 107 Å². The van der Waals surface area contributed by atoms with Gasteiger partial charge in [-0.1, -0.05) is 19.3 Å². The van der Waals surface area contributed by atoms with Crippen LogP contribution >= 0.6 is 0 Å². The Morgan fingerprint density at radius 2 is 1.72 bits per heavy atom. The molecule has 3 rings (SSSR count). The molecule has 2 saturated carbocycles. The molecule has 0 aromatic heterocycles. The summed E-state index contributed by atoms with van der Waals surface area (Å²) in [6, 6.07) is -0.536. The van der Waals surface area contributed by atoms with Crippen molar-refractivity contribution in [3.8, 4) is 0 Å². The number of hydrogen-bond acceptors (Lipinski definition) is 2. The molecule has 4 heteroatoms. The van der Waals surface area contributed by atoms with Crippen LogP contribution in [0.5, 0.6) is 0 Å². The smallest absolute Gasteiger partial charge is 0.326 e. The number of carbonyl (C=O) groups is 2. The van der Waals surface area contributed by atoms with Crippen LogP contribution in [0.3, 0.4) is 0 Å². The van der Waals surface area contributed by atoms with Crippen molar-refractivity contribution in [2.24, 2.45) is 17.8 Å². The van der Waals surface area contributed by atoms with Crippen LogP contribution in [-0.2, 0) is 9.59 Å². The van der Waals surface area contributed by atoms with Crippen LogP contribution in [0.1, 0.15) is 44.9 Å². The van der Waals surface area contributed by atoms with E-state index in [1.807, 2.05) is 0 Å². The second-order valence-corrected chi connectivity index (χ2v) is 6.11. The first kappa shape index (κ1) is 12.0. The lowest BCUT2D eigenvalue weighted by Gasteiger charge is -2.27. The molecule has 100 valence electrons. The van der Waals surface area contributed by atoms with E-state index in [2.05, 4.69) is 0 Å². The molecule has 3 unspecified atom stereocenters. The molecule has 0 radical (unpaired) electrons. The predicted molar refractivity (Wildman–Crippen MR) is 65.9 cm³/mol. The van der Waals surface area contributed by atoms with Crippen molar-refractivity contribution >= 4 is 11.9 Å².